The molecule has 0 fully saturated rings. The highest BCUT2D eigenvalue weighted by molar-refractivity contribution is 5.23. The highest BCUT2D eigenvalue weighted by Crippen LogP contribution is 2.15. The minimum atomic E-state index is 0.0266. The average molecular weight is 166 g/mol. The maximum absolute atomic E-state index is 9.00. The highest BCUT2D eigenvalue weighted by atomic mass is 16.3. The zero-order valence-corrected chi connectivity index (χ0v) is 7.20. The molecule has 0 aliphatic heterocycles. The number of aromatic nitrogens is 1. The van der Waals surface area contributed by atoms with Gasteiger partial charge in [0.25, 0.3) is 0 Å². The fraction of sp³-hybridized carbons (Fsp3) is 0.444. The second-order valence-corrected chi connectivity index (χ2v) is 2.79. The first-order chi connectivity index (χ1) is 5.79. The van der Waals surface area contributed by atoms with Crippen LogP contribution in [0, 0.1) is 6.92 Å². The standard InChI is InChI=1S/C9H14N2O/c1-7-9(3-2-4-11-7)8(5-10)6-12/h2-4,8,12H,5-6,10H2,1H3. The Morgan fingerprint density at radius 3 is 2.92 bits per heavy atom. The second-order valence-electron chi connectivity index (χ2n) is 2.79. The summed E-state index contributed by atoms with van der Waals surface area (Å²) in [5.74, 6) is 0.0266. The van der Waals surface area contributed by atoms with Gasteiger partial charge in [-0.05, 0) is 18.6 Å². The van der Waals surface area contributed by atoms with Crippen LogP contribution in [-0.4, -0.2) is 23.2 Å². The average Bonchev–Trinajstić information content (AvgIpc) is 2.10. The monoisotopic (exact) mass is 166 g/mol. The Morgan fingerprint density at radius 2 is 2.42 bits per heavy atom. The molecule has 0 aliphatic rings. The van der Waals surface area contributed by atoms with Gasteiger partial charge >= 0.3 is 0 Å². The summed E-state index contributed by atoms with van der Waals surface area (Å²) in [5.41, 5.74) is 7.49. The van der Waals surface area contributed by atoms with E-state index in [9.17, 15) is 0 Å². The van der Waals surface area contributed by atoms with Crippen molar-refractivity contribution in [3.63, 3.8) is 0 Å². The number of nitrogens with zero attached hydrogens (tertiary/aromatic N) is 1. The molecule has 0 saturated heterocycles. The third-order valence-electron chi connectivity index (χ3n) is 1.99. The number of aliphatic hydroxyl groups excluding tert-OH is 1. The Bertz CT molecular complexity index is 246. The largest absolute Gasteiger partial charge is 0.396 e. The minimum absolute atomic E-state index is 0.0266. The first-order valence-corrected chi connectivity index (χ1v) is 4.02. The van der Waals surface area contributed by atoms with Crippen LogP contribution in [0.4, 0.5) is 0 Å². The van der Waals surface area contributed by atoms with E-state index < -0.39 is 0 Å². The summed E-state index contributed by atoms with van der Waals surface area (Å²) in [5, 5.41) is 9.00. The summed E-state index contributed by atoms with van der Waals surface area (Å²) in [6, 6.07) is 3.82. The van der Waals surface area contributed by atoms with Crippen LogP contribution in [0.2, 0.25) is 0 Å². The molecule has 0 aromatic carbocycles. The van der Waals surface area contributed by atoms with Crippen molar-refractivity contribution in [2.24, 2.45) is 5.73 Å². The van der Waals surface area contributed by atoms with Crippen molar-refractivity contribution in [3.05, 3.63) is 29.6 Å². The SMILES string of the molecule is Cc1ncccc1C(CN)CO. The fourth-order valence-corrected chi connectivity index (χ4v) is 1.23. The van der Waals surface area contributed by atoms with E-state index in [1.165, 1.54) is 0 Å². The molecule has 3 heteroatoms. The van der Waals surface area contributed by atoms with Crippen LogP contribution in [-0.2, 0) is 0 Å². The normalized spacial score (nSPS) is 12.9. The van der Waals surface area contributed by atoms with Gasteiger partial charge in [-0.25, -0.2) is 0 Å². The van der Waals surface area contributed by atoms with E-state index >= 15 is 0 Å². The van der Waals surface area contributed by atoms with Gasteiger partial charge in [-0.15, -0.1) is 0 Å². The zero-order chi connectivity index (χ0) is 8.97. The van der Waals surface area contributed by atoms with Gasteiger partial charge in [0.1, 0.15) is 0 Å². The molecule has 0 amide bonds. The molecule has 0 spiro atoms. The van der Waals surface area contributed by atoms with Crippen molar-refractivity contribution in [2.75, 3.05) is 13.2 Å². The van der Waals surface area contributed by atoms with Crippen LogP contribution in [0.15, 0.2) is 18.3 Å². The van der Waals surface area contributed by atoms with Crippen LogP contribution in [0.3, 0.4) is 0 Å². The molecule has 1 rings (SSSR count). The van der Waals surface area contributed by atoms with E-state index in [4.69, 9.17) is 10.8 Å². The van der Waals surface area contributed by atoms with Gasteiger partial charge in [0.05, 0.1) is 6.61 Å². The number of rotatable bonds is 3. The number of nitrogens with two attached hydrogens (primary N) is 1. The third kappa shape index (κ3) is 1.81. The molecule has 1 aromatic rings. The molecule has 12 heavy (non-hydrogen) atoms. The second kappa shape index (κ2) is 4.18. The zero-order valence-electron chi connectivity index (χ0n) is 7.20. The number of pyridine rings is 1. The molecule has 1 aromatic heterocycles. The van der Waals surface area contributed by atoms with Crippen LogP contribution < -0.4 is 5.73 Å². The molecule has 66 valence electrons. The minimum Gasteiger partial charge on any atom is -0.396 e. The Kier molecular flexibility index (Phi) is 3.19. The van der Waals surface area contributed by atoms with Crippen LogP contribution in [0.1, 0.15) is 17.2 Å². The van der Waals surface area contributed by atoms with Gasteiger partial charge in [0.15, 0.2) is 0 Å². The molecule has 3 nitrogen and oxygen atoms in total. The van der Waals surface area contributed by atoms with E-state index in [1.54, 1.807) is 6.20 Å². The molecular weight excluding hydrogens is 152 g/mol. The topological polar surface area (TPSA) is 59.1 Å². The summed E-state index contributed by atoms with van der Waals surface area (Å²) in [7, 11) is 0. The number of hydrogen-bond donors (Lipinski definition) is 2. The molecule has 1 heterocycles. The molecule has 0 aliphatic carbocycles. The van der Waals surface area contributed by atoms with Crippen LogP contribution in [0.25, 0.3) is 0 Å². The number of aliphatic hydroxyl groups is 1. The lowest BCUT2D eigenvalue weighted by molar-refractivity contribution is 0.267. The smallest absolute Gasteiger partial charge is 0.0512 e. The quantitative estimate of drug-likeness (QED) is 0.684. The van der Waals surface area contributed by atoms with E-state index in [0.717, 1.165) is 11.3 Å². The van der Waals surface area contributed by atoms with Crippen molar-refractivity contribution in [3.8, 4) is 0 Å². The van der Waals surface area contributed by atoms with E-state index in [2.05, 4.69) is 4.98 Å². The Labute approximate surface area is 72.2 Å². The summed E-state index contributed by atoms with van der Waals surface area (Å²) in [4.78, 5) is 4.13. The van der Waals surface area contributed by atoms with Crippen molar-refractivity contribution in [1.29, 1.82) is 0 Å². The fourth-order valence-electron chi connectivity index (χ4n) is 1.23. The lowest BCUT2D eigenvalue weighted by atomic mass is 9.99. The molecular formula is C9H14N2O. The summed E-state index contributed by atoms with van der Waals surface area (Å²) >= 11 is 0. The third-order valence-corrected chi connectivity index (χ3v) is 1.99. The maximum Gasteiger partial charge on any atom is 0.0512 e. The van der Waals surface area contributed by atoms with E-state index in [0.29, 0.717) is 6.54 Å². The molecule has 1 atom stereocenters. The van der Waals surface area contributed by atoms with Crippen LogP contribution >= 0.6 is 0 Å². The predicted octanol–water partition coefficient (Wildman–Crippen LogP) is 0.425. The molecule has 3 N–H and O–H groups in total. The van der Waals surface area contributed by atoms with Gasteiger partial charge in [-0.1, -0.05) is 6.07 Å². The first-order valence-electron chi connectivity index (χ1n) is 4.02. The number of hydrogen-bond acceptors (Lipinski definition) is 3. The highest BCUT2D eigenvalue weighted by Gasteiger charge is 2.10. The molecule has 0 saturated carbocycles. The number of aryl methyl sites for hydroxylation is 1. The van der Waals surface area contributed by atoms with Crippen molar-refractivity contribution in [2.45, 2.75) is 12.8 Å². The summed E-state index contributed by atoms with van der Waals surface area (Å²) < 4.78 is 0. The molecule has 0 bridgehead atoms. The lowest BCUT2D eigenvalue weighted by Crippen LogP contribution is -2.17. The Balaban J connectivity index is 2.92. The van der Waals surface area contributed by atoms with Crippen LogP contribution in [0.5, 0.6) is 0 Å². The van der Waals surface area contributed by atoms with E-state index in [-0.39, 0.29) is 12.5 Å². The maximum atomic E-state index is 9.00. The predicted molar refractivity (Wildman–Crippen MR) is 47.9 cm³/mol. The van der Waals surface area contributed by atoms with Crippen molar-refractivity contribution >= 4 is 0 Å². The first kappa shape index (κ1) is 9.16. The summed E-state index contributed by atoms with van der Waals surface area (Å²) in [6.07, 6.45) is 1.74. The van der Waals surface area contributed by atoms with Gasteiger partial charge in [0, 0.05) is 24.4 Å². The molecule has 1 unspecified atom stereocenters. The van der Waals surface area contributed by atoms with Gasteiger partial charge in [0.2, 0.25) is 0 Å². The van der Waals surface area contributed by atoms with Crippen molar-refractivity contribution in [1.82, 2.24) is 4.98 Å². The van der Waals surface area contributed by atoms with Gasteiger partial charge in [-0.3, -0.25) is 4.98 Å². The van der Waals surface area contributed by atoms with Gasteiger partial charge in [-0.2, -0.15) is 0 Å². The van der Waals surface area contributed by atoms with Crippen molar-refractivity contribution < 1.29 is 5.11 Å². The Hall–Kier alpha value is -0.930. The Morgan fingerprint density at radius 1 is 1.67 bits per heavy atom. The summed E-state index contributed by atoms with van der Waals surface area (Å²) in [6.45, 7) is 2.47. The molecule has 0 radical (unpaired) electrons. The van der Waals surface area contributed by atoms with Gasteiger partial charge < -0.3 is 10.8 Å². The lowest BCUT2D eigenvalue weighted by Gasteiger charge is -2.13. The van der Waals surface area contributed by atoms with E-state index in [1.807, 2.05) is 19.1 Å².